The molecule has 1 heterocycles. The number of nitrogens with one attached hydrogen (secondary N) is 1. The summed E-state index contributed by atoms with van der Waals surface area (Å²) in [7, 11) is 5.28. The second-order valence-electron chi connectivity index (χ2n) is 5.96. The van der Waals surface area contributed by atoms with E-state index in [0.29, 0.717) is 29.6 Å². The minimum absolute atomic E-state index is 0.120. The van der Waals surface area contributed by atoms with Crippen LogP contribution in [0.15, 0.2) is 18.2 Å². The zero-order chi connectivity index (χ0) is 16.8. The van der Waals surface area contributed by atoms with E-state index < -0.39 is 0 Å². The summed E-state index contributed by atoms with van der Waals surface area (Å²) in [6.45, 7) is 7.00. The molecule has 128 valence electrons. The number of carbonyl (C=O) groups excluding carboxylic acids is 1. The van der Waals surface area contributed by atoms with Gasteiger partial charge in [0.1, 0.15) is 11.5 Å². The van der Waals surface area contributed by atoms with Crippen LogP contribution in [0.4, 0.5) is 0 Å². The van der Waals surface area contributed by atoms with E-state index in [4.69, 9.17) is 9.47 Å². The molecule has 0 spiro atoms. The lowest BCUT2D eigenvalue weighted by atomic mass is 10.1. The van der Waals surface area contributed by atoms with Crippen LogP contribution in [0.3, 0.4) is 0 Å². The first-order chi connectivity index (χ1) is 11.0. The van der Waals surface area contributed by atoms with Gasteiger partial charge in [0.15, 0.2) is 0 Å². The zero-order valence-electron chi connectivity index (χ0n) is 14.5. The Morgan fingerprint density at radius 2 is 1.91 bits per heavy atom. The van der Waals surface area contributed by atoms with Crippen LogP contribution in [0, 0.1) is 0 Å². The predicted octanol–water partition coefficient (Wildman–Crippen LogP) is 1.07. The van der Waals surface area contributed by atoms with Crippen molar-refractivity contribution in [2.24, 2.45) is 0 Å². The smallest absolute Gasteiger partial charge is 0.255 e. The highest BCUT2D eigenvalue weighted by Crippen LogP contribution is 2.24. The van der Waals surface area contributed by atoms with Gasteiger partial charge in [0.05, 0.1) is 19.8 Å². The number of hydrogen-bond donors (Lipinski definition) is 1. The molecule has 1 N–H and O–H groups in total. The third-order valence-electron chi connectivity index (χ3n) is 4.37. The Bertz CT molecular complexity index is 528. The summed E-state index contributed by atoms with van der Waals surface area (Å²) in [6.07, 6.45) is 0. The fraction of sp³-hybridized carbons (Fsp3) is 0.588. The molecule has 6 heteroatoms. The molecule has 0 radical (unpaired) electrons. The summed E-state index contributed by atoms with van der Waals surface area (Å²) in [5.41, 5.74) is 0.527. The van der Waals surface area contributed by atoms with Gasteiger partial charge in [-0.15, -0.1) is 0 Å². The summed E-state index contributed by atoms with van der Waals surface area (Å²) in [6, 6.07) is 5.53. The standard InChI is InChI=1S/C17H27N3O3/c1-13(20-9-7-19(2)8-10-20)12-18-17(21)15-6-5-14(22-3)11-16(15)23-4/h5-6,11,13H,7-10,12H2,1-4H3,(H,18,21). The average molecular weight is 321 g/mol. The maximum Gasteiger partial charge on any atom is 0.255 e. The number of amides is 1. The highest BCUT2D eigenvalue weighted by atomic mass is 16.5. The summed E-state index contributed by atoms with van der Waals surface area (Å²) >= 11 is 0. The molecule has 1 unspecified atom stereocenters. The van der Waals surface area contributed by atoms with E-state index in [2.05, 4.69) is 29.1 Å². The summed E-state index contributed by atoms with van der Waals surface area (Å²) in [4.78, 5) is 17.1. The Morgan fingerprint density at radius 3 is 2.52 bits per heavy atom. The number of hydrogen-bond acceptors (Lipinski definition) is 5. The molecule has 23 heavy (non-hydrogen) atoms. The largest absolute Gasteiger partial charge is 0.497 e. The Kier molecular flexibility index (Phi) is 6.24. The van der Waals surface area contributed by atoms with Crippen LogP contribution >= 0.6 is 0 Å². The second-order valence-corrected chi connectivity index (χ2v) is 5.96. The van der Waals surface area contributed by atoms with E-state index in [1.807, 2.05) is 0 Å². The van der Waals surface area contributed by atoms with E-state index in [1.54, 1.807) is 32.4 Å². The van der Waals surface area contributed by atoms with Gasteiger partial charge >= 0.3 is 0 Å². The van der Waals surface area contributed by atoms with Crippen molar-refractivity contribution in [2.45, 2.75) is 13.0 Å². The average Bonchev–Trinajstić information content (AvgIpc) is 2.59. The Balaban J connectivity index is 1.91. The van der Waals surface area contributed by atoms with Gasteiger partial charge in [-0.05, 0) is 26.1 Å². The molecule has 6 nitrogen and oxygen atoms in total. The molecule has 1 aromatic carbocycles. The van der Waals surface area contributed by atoms with Crippen LogP contribution in [-0.2, 0) is 0 Å². The van der Waals surface area contributed by atoms with Crippen molar-refractivity contribution in [1.29, 1.82) is 0 Å². The number of benzene rings is 1. The lowest BCUT2D eigenvalue weighted by molar-refractivity contribution is 0.0901. The summed E-state index contributed by atoms with van der Waals surface area (Å²) < 4.78 is 10.4. The number of carbonyl (C=O) groups is 1. The summed E-state index contributed by atoms with van der Waals surface area (Å²) in [5, 5.41) is 3.00. The van der Waals surface area contributed by atoms with Gasteiger partial charge in [-0.3, -0.25) is 9.69 Å². The van der Waals surface area contributed by atoms with Crippen molar-refractivity contribution in [2.75, 3.05) is 54.0 Å². The van der Waals surface area contributed by atoms with Crippen LogP contribution in [0.25, 0.3) is 0 Å². The lowest BCUT2D eigenvalue weighted by Crippen LogP contribution is -2.51. The first-order valence-corrected chi connectivity index (χ1v) is 7.98. The van der Waals surface area contributed by atoms with Crippen LogP contribution in [0.5, 0.6) is 11.5 Å². The molecule has 1 atom stereocenters. The van der Waals surface area contributed by atoms with Gasteiger partial charge < -0.3 is 19.7 Å². The van der Waals surface area contributed by atoms with E-state index in [0.717, 1.165) is 26.2 Å². The fourth-order valence-corrected chi connectivity index (χ4v) is 2.71. The lowest BCUT2D eigenvalue weighted by Gasteiger charge is -2.36. The molecule has 1 aliphatic rings. The number of methoxy groups -OCH3 is 2. The van der Waals surface area contributed by atoms with Crippen molar-refractivity contribution in [3.8, 4) is 11.5 Å². The van der Waals surface area contributed by atoms with Gasteiger partial charge in [0.2, 0.25) is 0 Å². The highest BCUT2D eigenvalue weighted by molar-refractivity contribution is 5.97. The van der Waals surface area contributed by atoms with Gasteiger partial charge in [0.25, 0.3) is 5.91 Å². The molecule has 0 bridgehead atoms. The van der Waals surface area contributed by atoms with E-state index >= 15 is 0 Å². The van der Waals surface area contributed by atoms with Crippen molar-refractivity contribution in [1.82, 2.24) is 15.1 Å². The van der Waals surface area contributed by atoms with E-state index in [-0.39, 0.29) is 5.91 Å². The number of piperazine rings is 1. The van der Waals surface area contributed by atoms with Gasteiger partial charge in [0, 0.05) is 44.8 Å². The molecule has 1 aromatic rings. The maximum absolute atomic E-state index is 12.4. The minimum atomic E-state index is -0.120. The van der Waals surface area contributed by atoms with Crippen LogP contribution < -0.4 is 14.8 Å². The second kappa shape index (κ2) is 8.17. The molecule has 2 rings (SSSR count). The Hall–Kier alpha value is -1.79. The number of likely N-dealkylation sites (N-methyl/N-ethyl adjacent to an activating group) is 1. The highest BCUT2D eigenvalue weighted by Gasteiger charge is 2.20. The number of ether oxygens (including phenoxy) is 2. The molecule has 1 amide bonds. The van der Waals surface area contributed by atoms with Crippen LogP contribution in [0.1, 0.15) is 17.3 Å². The predicted molar refractivity (Wildman–Crippen MR) is 90.4 cm³/mol. The van der Waals surface area contributed by atoms with Crippen LogP contribution in [-0.4, -0.2) is 75.7 Å². The minimum Gasteiger partial charge on any atom is -0.497 e. The quantitative estimate of drug-likeness (QED) is 0.849. The van der Waals surface area contributed by atoms with Gasteiger partial charge in [-0.1, -0.05) is 0 Å². The molecule has 1 fully saturated rings. The molecule has 0 aliphatic carbocycles. The topological polar surface area (TPSA) is 54.0 Å². The first-order valence-electron chi connectivity index (χ1n) is 7.98. The van der Waals surface area contributed by atoms with E-state index in [9.17, 15) is 4.79 Å². The van der Waals surface area contributed by atoms with Crippen molar-refractivity contribution >= 4 is 5.91 Å². The summed E-state index contributed by atoms with van der Waals surface area (Å²) in [5.74, 6) is 1.07. The third-order valence-corrected chi connectivity index (χ3v) is 4.37. The molecule has 1 aliphatic heterocycles. The number of rotatable bonds is 6. The molecular formula is C17H27N3O3. The zero-order valence-corrected chi connectivity index (χ0v) is 14.5. The first kappa shape index (κ1) is 17.6. The number of nitrogens with zero attached hydrogens (tertiary/aromatic N) is 2. The third kappa shape index (κ3) is 4.59. The Labute approximate surface area is 138 Å². The van der Waals surface area contributed by atoms with Crippen molar-refractivity contribution in [3.05, 3.63) is 23.8 Å². The van der Waals surface area contributed by atoms with Gasteiger partial charge in [-0.2, -0.15) is 0 Å². The van der Waals surface area contributed by atoms with Crippen LogP contribution in [0.2, 0.25) is 0 Å². The monoisotopic (exact) mass is 321 g/mol. The molecule has 0 aromatic heterocycles. The molecular weight excluding hydrogens is 294 g/mol. The molecule has 0 saturated carbocycles. The SMILES string of the molecule is COc1ccc(C(=O)NCC(C)N2CCN(C)CC2)c(OC)c1. The van der Waals surface area contributed by atoms with Gasteiger partial charge in [-0.25, -0.2) is 0 Å². The normalized spacial score (nSPS) is 17.6. The fourth-order valence-electron chi connectivity index (χ4n) is 2.71. The Morgan fingerprint density at radius 1 is 1.22 bits per heavy atom. The van der Waals surface area contributed by atoms with Crippen molar-refractivity contribution < 1.29 is 14.3 Å². The molecule has 1 saturated heterocycles. The van der Waals surface area contributed by atoms with Crippen molar-refractivity contribution in [3.63, 3.8) is 0 Å². The maximum atomic E-state index is 12.4. The van der Waals surface area contributed by atoms with E-state index in [1.165, 1.54) is 0 Å².